The standard InChI is InChI=1S/C9H10ClNO/c1-6(2)7-3-4-8(10)9(5-7)11-12/h3-6H,1-2H3. The zero-order valence-electron chi connectivity index (χ0n) is 7.04. The Morgan fingerprint density at radius 3 is 2.58 bits per heavy atom. The van der Waals surface area contributed by atoms with Crippen LogP contribution < -0.4 is 0 Å². The van der Waals surface area contributed by atoms with Gasteiger partial charge in [0.1, 0.15) is 5.69 Å². The SMILES string of the molecule is CC(C)c1ccc(Cl)c(N=O)c1. The van der Waals surface area contributed by atoms with Gasteiger partial charge in [-0.15, -0.1) is 4.91 Å². The minimum atomic E-state index is 0.322. The highest BCUT2D eigenvalue weighted by Crippen LogP contribution is 2.28. The fraction of sp³-hybridized carbons (Fsp3) is 0.333. The number of hydrogen-bond donors (Lipinski definition) is 0. The van der Waals surface area contributed by atoms with Crippen LogP contribution in [0.1, 0.15) is 25.3 Å². The number of hydrogen-bond acceptors (Lipinski definition) is 2. The van der Waals surface area contributed by atoms with Gasteiger partial charge in [0.05, 0.1) is 5.02 Å². The van der Waals surface area contributed by atoms with Gasteiger partial charge in [0.25, 0.3) is 0 Å². The molecule has 0 bridgehead atoms. The molecule has 0 aliphatic heterocycles. The molecule has 12 heavy (non-hydrogen) atoms. The Kier molecular flexibility index (Phi) is 2.82. The Balaban J connectivity index is 3.13. The highest BCUT2D eigenvalue weighted by molar-refractivity contribution is 6.32. The van der Waals surface area contributed by atoms with E-state index in [1.807, 2.05) is 6.07 Å². The van der Waals surface area contributed by atoms with Gasteiger partial charge in [0.2, 0.25) is 0 Å². The van der Waals surface area contributed by atoms with Crippen molar-refractivity contribution < 1.29 is 0 Å². The van der Waals surface area contributed by atoms with Crippen LogP contribution in [0, 0.1) is 4.91 Å². The van der Waals surface area contributed by atoms with Crippen molar-refractivity contribution in [1.82, 2.24) is 0 Å². The topological polar surface area (TPSA) is 29.4 Å². The van der Waals surface area contributed by atoms with E-state index in [0.29, 0.717) is 16.6 Å². The number of nitrogens with zero attached hydrogens (tertiary/aromatic N) is 1. The second-order valence-electron chi connectivity index (χ2n) is 2.96. The van der Waals surface area contributed by atoms with E-state index in [0.717, 1.165) is 5.56 Å². The van der Waals surface area contributed by atoms with Crippen LogP contribution in [0.25, 0.3) is 0 Å². The highest BCUT2D eigenvalue weighted by atomic mass is 35.5. The Labute approximate surface area is 76.5 Å². The second kappa shape index (κ2) is 3.68. The first-order chi connectivity index (χ1) is 5.65. The fourth-order valence-electron chi connectivity index (χ4n) is 0.959. The normalized spacial score (nSPS) is 10.3. The van der Waals surface area contributed by atoms with Crippen LogP contribution in [0.15, 0.2) is 23.4 Å². The molecule has 1 rings (SSSR count). The molecule has 0 aliphatic carbocycles. The lowest BCUT2D eigenvalue weighted by molar-refractivity contribution is 0.867. The van der Waals surface area contributed by atoms with Gasteiger partial charge in [-0.1, -0.05) is 31.5 Å². The molecule has 0 N–H and O–H groups in total. The summed E-state index contributed by atoms with van der Waals surface area (Å²) < 4.78 is 0. The molecular weight excluding hydrogens is 174 g/mol. The van der Waals surface area contributed by atoms with E-state index >= 15 is 0 Å². The smallest absolute Gasteiger partial charge is 0.126 e. The maximum absolute atomic E-state index is 10.3. The van der Waals surface area contributed by atoms with Crippen molar-refractivity contribution >= 4 is 17.3 Å². The van der Waals surface area contributed by atoms with Gasteiger partial charge in [0, 0.05) is 0 Å². The van der Waals surface area contributed by atoms with Crippen LogP contribution >= 0.6 is 11.6 Å². The lowest BCUT2D eigenvalue weighted by Gasteiger charge is -2.05. The summed E-state index contributed by atoms with van der Waals surface area (Å²) in [5.41, 5.74) is 1.40. The monoisotopic (exact) mass is 183 g/mol. The number of rotatable bonds is 2. The van der Waals surface area contributed by atoms with Crippen LogP contribution in [-0.4, -0.2) is 0 Å². The summed E-state index contributed by atoms with van der Waals surface area (Å²) in [4.78, 5) is 10.3. The first-order valence-corrected chi connectivity index (χ1v) is 4.15. The molecule has 0 atom stereocenters. The molecule has 0 saturated heterocycles. The molecular formula is C9H10ClNO. The van der Waals surface area contributed by atoms with Crippen LogP contribution in [0.2, 0.25) is 5.02 Å². The summed E-state index contributed by atoms with van der Waals surface area (Å²) in [5, 5.41) is 3.24. The molecule has 0 aliphatic rings. The molecule has 3 heteroatoms. The summed E-state index contributed by atoms with van der Waals surface area (Å²) in [6.07, 6.45) is 0. The Morgan fingerprint density at radius 1 is 1.42 bits per heavy atom. The third-order valence-corrected chi connectivity index (χ3v) is 2.05. The van der Waals surface area contributed by atoms with Crippen LogP contribution in [-0.2, 0) is 0 Å². The third-order valence-electron chi connectivity index (χ3n) is 1.74. The molecule has 0 fully saturated rings. The lowest BCUT2D eigenvalue weighted by Crippen LogP contribution is -1.85. The maximum atomic E-state index is 10.3. The van der Waals surface area contributed by atoms with Crippen LogP contribution in [0.3, 0.4) is 0 Å². The first-order valence-electron chi connectivity index (χ1n) is 3.78. The van der Waals surface area contributed by atoms with Crippen molar-refractivity contribution in [3.05, 3.63) is 33.7 Å². The van der Waals surface area contributed by atoms with Crippen molar-refractivity contribution in [2.75, 3.05) is 0 Å². The van der Waals surface area contributed by atoms with Crippen molar-refractivity contribution in [1.29, 1.82) is 0 Å². The predicted octanol–water partition coefficient (Wildman–Crippen LogP) is 3.86. The van der Waals surface area contributed by atoms with Crippen molar-refractivity contribution in [3.8, 4) is 0 Å². The molecule has 0 spiro atoms. The molecule has 0 radical (unpaired) electrons. The van der Waals surface area contributed by atoms with Gasteiger partial charge < -0.3 is 0 Å². The quantitative estimate of drug-likeness (QED) is 0.641. The van der Waals surface area contributed by atoms with E-state index in [2.05, 4.69) is 19.0 Å². The van der Waals surface area contributed by atoms with Gasteiger partial charge in [-0.3, -0.25) is 0 Å². The summed E-state index contributed by atoms with van der Waals surface area (Å²) in [7, 11) is 0. The van der Waals surface area contributed by atoms with Gasteiger partial charge in [-0.05, 0) is 28.8 Å². The molecule has 2 nitrogen and oxygen atoms in total. The van der Waals surface area contributed by atoms with Gasteiger partial charge in [-0.25, -0.2) is 0 Å². The molecule has 1 aromatic carbocycles. The second-order valence-corrected chi connectivity index (χ2v) is 3.36. The molecule has 0 aromatic heterocycles. The molecule has 1 aromatic rings. The zero-order valence-corrected chi connectivity index (χ0v) is 7.80. The lowest BCUT2D eigenvalue weighted by atomic mass is 10.0. The Morgan fingerprint density at radius 2 is 2.08 bits per heavy atom. The number of benzene rings is 1. The zero-order chi connectivity index (χ0) is 9.14. The van der Waals surface area contributed by atoms with Crippen LogP contribution in [0.5, 0.6) is 0 Å². The van der Waals surface area contributed by atoms with Gasteiger partial charge in [-0.2, -0.15) is 0 Å². The molecule has 0 heterocycles. The highest BCUT2D eigenvalue weighted by Gasteiger charge is 2.04. The minimum absolute atomic E-state index is 0.322. The molecule has 64 valence electrons. The van der Waals surface area contributed by atoms with E-state index in [-0.39, 0.29) is 0 Å². The van der Waals surface area contributed by atoms with Crippen molar-refractivity contribution in [3.63, 3.8) is 0 Å². The summed E-state index contributed by atoms with van der Waals surface area (Å²) >= 11 is 5.71. The van der Waals surface area contributed by atoms with E-state index < -0.39 is 0 Å². The van der Waals surface area contributed by atoms with Gasteiger partial charge in [0.15, 0.2) is 0 Å². The molecule has 0 saturated carbocycles. The maximum Gasteiger partial charge on any atom is 0.126 e. The van der Waals surface area contributed by atoms with Crippen LogP contribution in [0.4, 0.5) is 5.69 Å². The van der Waals surface area contributed by atoms with E-state index in [1.54, 1.807) is 12.1 Å². The van der Waals surface area contributed by atoms with Gasteiger partial charge >= 0.3 is 0 Å². The number of nitroso groups, excluding NO2 is 1. The molecule has 0 unspecified atom stereocenters. The summed E-state index contributed by atoms with van der Waals surface area (Å²) in [6, 6.07) is 5.33. The minimum Gasteiger partial charge on any atom is -0.145 e. The average molecular weight is 184 g/mol. The largest absolute Gasteiger partial charge is 0.145 e. The van der Waals surface area contributed by atoms with E-state index in [9.17, 15) is 4.91 Å². The Hall–Kier alpha value is -0.890. The van der Waals surface area contributed by atoms with E-state index in [4.69, 9.17) is 11.6 Å². The van der Waals surface area contributed by atoms with Crippen molar-refractivity contribution in [2.24, 2.45) is 5.18 Å². The fourth-order valence-corrected chi connectivity index (χ4v) is 1.11. The number of halogens is 1. The van der Waals surface area contributed by atoms with E-state index in [1.165, 1.54) is 0 Å². The molecule has 0 amide bonds. The predicted molar refractivity (Wildman–Crippen MR) is 51.0 cm³/mol. The summed E-state index contributed by atoms with van der Waals surface area (Å²) in [5.74, 6) is 0.391. The Bertz CT molecular complexity index is 297. The van der Waals surface area contributed by atoms with Crippen molar-refractivity contribution in [2.45, 2.75) is 19.8 Å². The third kappa shape index (κ3) is 1.83. The average Bonchev–Trinajstić information content (AvgIpc) is 2.05. The first kappa shape index (κ1) is 9.20. The summed E-state index contributed by atoms with van der Waals surface area (Å²) in [6.45, 7) is 4.11.